The SMILES string of the molecule is Cc1cc(C(=O)CN(C)C2CCCN(c3ccccc3)C2=O)c(C)[nH]1. The van der Waals surface area contributed by atoms with Gasteiger partial charge in [0.2, 0.25) is 5.91 Å². The zero-order valence-electron chi connectivity index (χ0n) is 15.1. The Kier molecular flexibility index (Phi) is 5.04. The number of nitrogens with zero attached hydrogens (tertiary/aromatic N) is 2. The molecule has 1 unspecified atom stereocenters. The third kappa shape index (κ3) is 3.66. The number of carbonyl (C=O) groups excluding carboxylic acids is 2. The average Bonchev–Trinajstić information content (AvgIpc) is 2.94. The maximum absolute atomic E-state index is 12.9. The Morgan fingerprint density at radius 1 is 1.28 bits per heavy atom. The van der Waals surface area contributed by atoms with E-state index >= 15 is 0 Å². The summed E-state index contributed by atoms with van der Waals surface area (Å²) in [6.45, 7) is 4.83. The van der Waals surface area contributed by atoms with Gasteiger partial charge < -0.3 is 9.88 Å². The molecule has 1 aliphatic heterocycles. The normalized spacial score (nSPS) is 18.0. The number of aromatic amines is 1. The van der Waals surface area contributed by atoms with Crippen LogP contribution < -0.4 is 4.90 Å². The lowest BCUT2D eigenvalue weighted by molar-refractivity contribution is -0.124. The molecular weight excluding hydrogens is 314 g/mol. The fourth-order valence-corrected chi connectivity index (χ4v) is 3.56. The van der Waals surface area contributed by atoms with Gasteiger partial charge in [-0.1, -0.05) is 18.2 Å². The molecule has 1 atom stereocenters. The van der Waals surface area contributed by atoms with Crippen molar-refractivity contribution < 1.29 is 9.59 Å². The van der Waals surface area contributed by atoms with Gasteiger partial charge in [-0.15, -0.1) is 0 Å². The lowest BCUT2D eigenvalue weighted by Crippen LogP contribution is -2.52. The smallest absolute Gasteiger partial charge is 0.244 e. The van der Waals surface area contributed by atoms with Crippen molar-refractivity contribution in [1.29, 1.82) is 0 Å². The van der Waals surface area contributed by atoms with Gasteiger partial charge in [0.1, 0.15) is 0 Å². The summed E-state index contributed by atoms with van der Waals surface area (Å²) < 4.78 is 0. The van der Waals surface area contributed by atoms with Crippen LogP contribution in [0.25, 0.3) is 0 Å². The van der Waals surface area contributed by atoms with Crippen molar-refractivity contribution in [2.75, 3.05) is 25.0 Å². The molecule has 3 rings (SSSR count). The van der Waals surface area contributed by atoms with Crippen molar-refractivity contribution in [3.8, 4) is 0 Å². The summed E-state index contributed by atoms with van der Waals surface area (Å²) in [5, 5.41) is 0. The number of para-hydroxylation sites is 1. The number of benzene rings is 1. The standard InChI is InChI=1S/C20H25N3O2/c1-14-12-17(15(2)21-14)19(24)13-22(3)18-10-7-11-23(20(18)25)16-8-5-4-6-9-16/h4-6,8-9,12,18,21H,7,10-11,13H2,1-3H3. The van der Waals surface area contributed by atoms with Crippen LogP contribution in [0.15, 0.2) is 36.4 Å². The number of likely N-dealkylation sites (N-methyl/N-ethyl adjacent to an activating group) is 1. The molecule has 1 fully saturated rings. The van der Waals surface area contributed by atoms with E-state index in [-0.39, 0.29) is 24.3 Å². The lowest BCUT2D eigenvalue weighted by atomic mass is 10.0. The number of rotatable bonds is 5. The number of amides is 1. The second-order valence-electron chi connectivity index (χ2n) is 6.81. The molecule has 2 heterocycles. The molecule has 0 radical (unpaired) electrons. The summed E-state index contributed by atoms with van der Waals surface area (Å²) in [6, 6.07) is 11.4. The Balaban J connectivity index is 1.71. The molecular formula is C20H25N3O2. The number of anilines is 1. The van der Waals surface area contributed by atoms with Crippen molar-refractivity contribution in [3.63, 3.8) is 0 Å². The van der Waals surface area contributed by atoms with E-state index in [4.69, 9.17) is 0 Å². The van der Waals surface area contributed by atoms with Crippen LogP contribution >= 0.6 is 0 Å². The van der Waals surface area contributed by atoms with Gasteiger partial charge in [0.25, 0.3) is 0 Å². The molecule has 1 aromatic carbocycles. The molecule has 1 aromatic heterocycles. The summed E-state index contributed by atoms with van der Waals surface area (Å²) in [5.41, 5.74) is 3.51. The van der Waals surface area contributed by atoms with E-state index < -0.39 is 0 Å². The number of carbonyl (C=O) groups is 2. The highest BCUT2D eigenvalue weighted by Gasteiger charge is 2.33. The average molecular weight is 339 g/mol. The van der Waals surface area contributed by atoms with Gasteiger partial charge in [-0.2, -0.15) is 0 Å². The fourth-order valence-electron chi connectivity index (χ4n) is 3.56. The first-order valence-corrected chi connectivity index (χ1v) is 8.73. The number of H-pyrrole nitrogens is 1. The Labute approximate surface area is 148 Å². The number of nitrogens with one attached hydrogen (secondary N) is 1. The first kappa shape index (κ1) is 17.4. The topological polar surface area (TPSA) is 56.4 Å². The van der Waals surface area contributed by atoms with Gasteiger partial charge >= 0.3 is 0 Å². The van der Waals surface area contributed by atoms with Gasteiger partial charge in [0.15, 0.2) is 5.78 Å². The van der Waals surface area contributed by atoms with Crippen LogP contribution in [0, 0.1) is 13.8 Å². The Morgan fingerprint density at radius 2 is 2.00 bits per heavy atom. The van der Waals surface area contributed by atoms with E-state index in [0.29, 0.717) is 5.56 Å². The van der Waals surface area contributed by atoms with Crippen LogP contribution in [0.4, 0.5) is 5.69 Å². The fraction of sp³-hybridized carbons (Fsp3) is 0.400. The highest BCUT2D eigenvalue weighted by atomic mass is 16.2. The van der Waals surface area contributed by atoms with Crippen LogP contribution in [0.2, 0.25) is 0 Å². The maximum atomic E-state index is 12.9. The van der Waals surface area contributed by atoms with Crippen LogP contribution in [0.1, 0.15) is 34.6 Å². The molecule has 1 N–H and O–H groups in total. The maximum Gasteiger partial charge on any atom is 0.244 e. The second-order valence-corrected chi connectivity index (χ2v) is 6.81. The summed E-state index contributed by atoms with van der Waals surface area (Å²) in [6.07, 6.45) is 1.73. The largest absolute Gasteiger partial charge is 0.362 e. The van der Waals surface area contributed by atoms with Gasteiger partial charge in [0, 0.05) is 29.2 Å². The molecule has 132 valence electrons. The summed E-state index contributed by atoms with van der Waals surface area (Å²) in [4.78, 5) is 32.4. The Hall–Kier alpha value is -2.40. The third-order valence-electron chi connectivity index (χ3n) is 4.85. The zero-order valence-corrected chi connectivity index (χ0v) is 15.1. The molecule has 0 aliphatic carbocycles. The zero-order chi connectivity index (χ0) is 18.0. The molecule has 1 aliphatic rings. The van der Waals surface area contributed by atoms with Gasteiger partial charge in [-0.3, -0.25) is 14.5 Å². The first-order valence-electron chi connectivity index (χ1n) is 8.73. The van der Waals surface area contributed by atoms with E-state index in [0.717, 1.165) is 36.5 Å². The van der Waals surface area contributed by atoms with E-state index in [2.05, 4.69) is 4.98 Å². The number of piperidine rings is 1. The van der Waals surface area contributed by atoms with Crippen molar-refractivity contribution in [3.05, 3.63) is 53.3 Å². The number of aryl methyl sites for hydroxylation is 2. The van der Waals surface area contributed by atoms with Gasteiger partial charge in [-0.05, 0) is 51.9 Å². The molecule has 1 amide bonds. The van der Waals surface area contributed by atoms with E-state index in [1.165, 1.54) is 0 Å². The monoisotopic (exact) mass is 339 g/mol. The van der Waals surface area contributed by atoms with Crippen LogP contribution in [-0.2, 0) is 4.79 Å². The van der Waals surface area contributed by atoms with E-state index in [1.54, 1.807) is 0 Å². The molecule has 0 bridgehead atoms. The lowest BCUT2D eigenvalue weighted by Gasteiger charge is -2.36. The van der Waals surface area contributed by atoms with Gasteiger partial charge in [-0.25, -0.2) is 0 Å². The quantitative estimate of drug-likeness (QED) is 0.852. The van der Waals surface area contributed by atoms with Crippen molar-refractivity contribution in [1.82, 2.24) is 9.88 Å². The second kappa shape index (κ2) is 7.23. The van der Waals surface area contributed by atoms with Crippen molar-refractivity contribution in [2.24, 2.45) is 0 Å². The Bertz CT molecular complexity index is 767. The van der Waals surface area contributed by atoms with Crippen LogP contribution in [0.3, 0.4) is 0 Å². The molecule has 0 saturated carbocycles. The van der Waals surface area contributed by atoms with Crippen molar-refractivity contribution in [2.45, 2.75) is 32.7 Å². The minimum absolute atomic E-state index is 0.0500. The molecule has 5 heteroatoms. The Morgan fingerprint density at radius 3 is 2.64 bits per heavy atom. The predicted octanol–water partition coefficient (Wildman–Crippen LogP) is 2.94. The molecule has 25 heavy (non-hydrogen) atoms. The van der Waals surface area contributed by atoms with Crippen LogP contribution in [-0.4, -0.2) is 47.8 Å². The van der Waals surface area contributed by atoms with Crippen LogP contribution in [0.5, 0.6) is 0 Å². The minimum Gasteiger partial charge on any atom is -0.362 e. The summed E-state index contributed by atoms with van der Waals surface area (Å²) in [5.74, 6) is 0.128. The van der Waals surface area contributed by atoms with E-state index in [1.807, 2.05) is 67.1 Å². The number of ketones is 1. The number of Topliss-reactive ketones (excluding diaryl/α,β-unsaturated/α-hetero) is 1. The van der Waals surface area contributed by atoms with Gasteiger partial charge in [0.05, 0.1) is 12.6 Å². The summed E-state index contributed by atoms with van der Waals surface area (Å²) in [7, 11) is 1.86. The van der Waals surface area contributed by atoms with E-state index in [9.17, 15) is 9.59 Å². The molecule has 0 spiro atoms. The summed E-state index contributed by atoms with van der Waals surface area (Å²) >= 11 is 0. The highest BCUT2D eigenvalue weighted by Crippen LogP contribution is 2.23. The molecule has 1 saturated heterocycles. The third-order valence-corrected chi connectivity index (χ3v) is 4.85. The predicted molar refractivity (Wildman–Crippen MR) is 99.0 cm³/mol. The number of aromatic nitrogens is 1. The first-order chi connectivity index (χ1) is 12.0. The highest BCUT2D eigenvalue weighted by molar-refractivity contribution is 6.01. The van der Waals surface area contributed by atoms with Crippen molar-refractivity contribution >= 4 is 17.4 Å². The molecule has 2 aromatic rings. The number of hydrogen-bond acceptors (Lipinski definition) is 3. The number of hydrogen-bond donors (Lipinski definition) is 1. The minimum atomic E-state index is -0.252. The molecule has 5 nitrogen and oxygen atoms in total.